The molecule has 0 amide bonds. The summed E-state index contributed by atoms with van der Waals surface area (Å²) in [4.78, 5) is 3.94. The van der Waals surface area contributed by atoms with Crippen molar-refractivity contribution in [2.45, 2.75) is 11.9 Å². The van der Waals surface area contributed by atoms with Gasteiger partial charge in [-0.2, -0.15) is 0 Å². The van der Waals surface area contributed by atoms with Gasteiger partial charge in [0.25, 0.3) is 0 Å². The Balaban J connectivity index is 2.58. The number of allylic oxidation sites excluding steroid dienone is 1. The number of nitrogens with zero attached hydrogens (tertiary/aromatic N) is 1. The standard InChI is InChI=1S/C5H5BrClN/c6-4-1-2-5(7)8-3-4/h1,3,5H,2H2. The molecule has 0 aromatic carbocycles. The number of dihydropyridines is 1. The van der Waals surface area contributed by atoms with Crippen molar-refractivity contribution in [3.05, 3.63) is 10.6 Å². The van der Waals surface area contributed by atoms with Crippen LogP contribution in [0.3, 0.4) is 0 Å². The molecule has 0 N–H and O–H groups in total. The van der Waals surface area contributed by atoms with E-state index in [4.69, 9.17) is 11.6 Å². The van der Waals surface area contributed by atoms with E-state index in [0.29, 0.717) is 0 Å². The zero-order chi connectivity index (χ0) is 5.98. The Morgan fingerprint density at radius 1 is 1.88 bits per heavy atom. The van der Waals surface area contributed by atoms with Gasteiger partial charge in [-0.3, -0.25) is 4.99 Å². The summed E-state index contributed by atoms with van der Waals surface area (Å²) in [6, 6.07) is 0. The van der Waals surface area contributed by atoms with E-state index in [1.807, 2.05) is 6.08 Å². The molecule has 0 aromatic heterocycles. The largest absolute Gasteiger partial charge is 0.272 e. The summed E-state index contributed by atoms with van der Waals surface area (Å²) in [5, 5.41) is 0. The molecular formula is C5H5BrClN. The Labute approximate surface area is 61.6 Å². The predicted molar refractivity (Wildman–Crippen MR) is 39.8 cm³/mol. The van der Waals surface area contributed by atoms with Crippen LogP contribution in [0.5, 0.6) is 0 Å². The van der Waals surface area contributed by atoms with Gasteiger partial charge >= 0.3 is 0 Å². The Morgan fingerprint density at radius 2 is 2.62 bits per heavy atom. The van der Waals surface area contributed by atoms with Crippen molar-refractivity contribution in [1.29, 1.82) is 0 Å². The molecule has 1 unspecified atom stereocenters. The topological polar surface area (TPSA) is 12.4 Å². The van der Waals surface area contributed by atoms with Crippen molar-refractivity contribution in [2.75, 3.05) is 0 Å². The molecule has 0 aromatic rings. The van der Waals surface area contributed by atoms with Gasteiger partial charge in [0, 0.05) is 17.1 Å². The van der Waals surface area contributed by atoms with Crippen LogP contribution >= 0.6 is 27.5 Å². The van der Waals surface area contributed by atoms with Gasteiger partial charge in [-0.15, -0.1) is 0 Å². The molecule has 1 heterocycles. The molecule has 44 valence electrons. The third-order valence-corrected chi connectivity index (χ3v) is 1.69. The first-order valence-electron chi connectivity index (χ1n) is 2.32. The second-order valence-electron chi connectivity index (χ2n) is 1.54. The molecule has 1 aliphatic heterocycles. The van der Waals surface area contributed by atoms with Crippen LogP contribution < -0.4 is 0 Å². The normalized spacial score (nSPS) is 27.8. The molecule has 0 aliphatic carbocycles. The lowest BCUT2D eigenvalue weighted by molar-refractivity contribution is 0.916. The van der Waals surface area contributed by atoms with Gasteiger partial charge in [-0.25, -0.2) is 0 Å². The van der Waals surface area contributed by atoms with E-state index in [9.17, 15) is 0 Å². The number of rotatable bonds is 0. The van der Waals surface area contributed by atoms with Gasteiger partial charge in [0.1, 0.15) is 5.50 Å². The number of alkyl halides is 1. The zero-order valence-electron chi connectivity index (χ0n) is 4.14. The lowest BCUT2D eigenvalue weighted by Crippen LogP contribution is -1.97. The molecule has 8 heavy (non-hydrogen) atoms. The second kappa shape index (κ2) is 2.65. The quantitative estimate of drug-likeness (QED) is 0.414. The minimum absolute atomic E-state index is 0.0451. The SMILES string of the molecule is ClC1CC=C(Br)C=N1. The molecule has 1 atom stereocenters. The van der Waals surface area contributed by atoms with Crippen LogP contribution in [-0.2, 0) is 0 Å². The Kier molecular flexibility index (Phi) is 2.08. The fraction of sp³-hybridized carbons (Fsp3) is 0.400. The minimum atomic E-state index is -0.0451. The zero-order valence-corrected chi connectivity index (χ0v) is 6.48. The third kappa shape index (κ3) is 1.60. The minimum Gasteiger partial charge on any atom is -0.272 e. The number of hydrogen-bond donors (Lipinski definition) is 0. The van der Waals surface area contributed by atoms with E-state index >= 15 is 0 Å². The first kappa shape index (κ1) is 6.30. The molecule has 0 saturated carbocycles. The van der Waals surface area contributed by atoms with Crippen molar-refractivity contribution < 1.29 is 0 Å². The molecule has 0 bridgehead atoms. The van der Waals surface area contributed by atoms with Crippen LogP contribution in [0.15, 0.2) is 15.6 Å². The summed E-state index contributed by atoms with van der Waals surface area (Å²) in [5.74, 6) is 0. The van der Waals surface area contributed by atoms with Crippen LogP contribution in [0, 0.1) is 0 Å². The average Bonchev–Trinajstić information content (AvgIpc) is 1.77. The molecule has 0 radical (unpaired) electrons. The summed E-state index contributed by atoms with van der Waals surface area (Å²) in [7, 11) is 0. The summed E-state index contributed by atoms with van der Waals surface area (Å²) >= 11 is 8.89. The third-order valence-electron chi connectivity index (χ3n) is 0.867. The Morgan fingerprint density at radius 3 is 3.00 bits per heavy atom. The lowest BCUT2D eigenvalue weighted by Gasteiger charge is -2.03. The predicted octanol–water partition coefficient (Wildman–Crippen LogP) is 2.30. The second-order valence-corrected chi connectivity index (χ2v) is 2.96. The molecule has 0 saturated heterocycles. The highest BCUT2D eigenvalue weighted by Gasteiger charge is 2.02. The molecule has 1 aliphatic rings. The van der Waals surface area contributed by atoms with Gasteiger partial charge in [-0.1, -0.05) is 17.7 Å². The maximum absolute atomic E-state index is 5.62. The van der Waals surface area contributed by atoms with Crippen LogP contribution in [0.25, 0.3) is 0 Å². The molecule has 1 rings (SSSR count). The average molecular weight is 194 g/mol. The Hall–Kier alpha value is 0.180. The van der Waals surface area contributed by atoms with Crippen molar-refractivity contribution >= 4 is 33.7 Å². The molecule has 1 nitrogen and oxygen atoms in total. The number of hydrogen-bond acceptors (Lipinski definition) is 1. The van der Waals surface area contributed by atoms with Crippen molar-refractivity contribution in [1.82, 2.24) is 0 Å². The van der Waals surface area contributed by atoms with E-state index in [0.717, 1.165) is 10.9 Å². The van der Waals surface area contributed by atoms with Gasteiger partial charge in [0.2, 0.25) is 0 Å². The highest BCUT2D eigenvalue weighted by atomic mass is 79.9. The first-order chi connectivity index (χ1) is 3.79. The van der Waals surface area contributed by atoms with Gasteiger partial charge in [-0.05, 0) is 15.9 Å². The number of halogens is 2. The maximum atomic E-state index is 5.62. The fourth-order valence-electron chi connectivity index (χ4n) is 0.475. The molecular weight excluding hydrogens is 189 g/mol. The number of aliphatic imine (C=N–C) groups is 1. The molecule has 0 fully saturated rings. The summed E-state index contributed by atoms with van der Waals surface area (Å²) < 4.78 is 1.02. The maximum Gasteiger partial charge on any atom is 0.127 e. The fourth-order valence-corrected chi connectivity index (χ4v) is 0.926. The van der Waals surface area contributed by atoms with Gasteiger partial charge in [0.05, 0.1) is 0 Å². The highest BCUT2D eigenvalue weighted by molar-refractivity contribution is 9.12. The first-order valence-corrected chi connectivity index (χ1v) is 3.55. The smallest absolute Gasteiger partial charge is 0.127 e. The monoisotopic (exact) mass is 193 g/mol. The lowest BCUT2D eigenvalue weighted by atomic mass is 10.3. The summed E-state index contributed by atoms with van der Waals surface area (Å²) in [6.07, 6.45) is 4.56. The molecule has 0 spiro atoms. The van der Waals surface area contributed by atoms with E-state index in [1.54, 1.807) is 6.21 Å². The van der Waals surface area contributed by atoms with Crippen molar-refractivity contribution in [2.24, 2.45) is 4.99 Å². The summed E-state index contributed by atoms with van der Waals surface area (Å²) in [6.45, 7) is 0. The van der Waals surface area contributed by atoms with Gasteiger partial charge in [0.15, 0.2) is 0 Å². The van der Waals surface area contributed by atoms with Crippen LogP contribution in [0.2, 0.25) is 0 Å². The van der Waals surface area contributed by atoms with E-state index in [1.165, 1.54) is 0 Å². The van der Waals surface area contributed by atoms with Crippen LogP contribution in [-0.4, -0.2) is 11.7 Å². The van der Waals surface area contributed by atoms with E-state index in [-0.39, 0.29) is 5.50 Å². The summed E-state index contributed by atoms with van der Waals surface area (Å²) in [5.41, 5.74) is -0.0451. The van der Waals surface area contributed by atoms with Crippen molar-refractivity contribution in [3.63, 3.8) is 0 Å². The van der Waals surface area contributed by atoms with E-state index in [2.05, 4.69) is 20.9 Å². The Bertz CT molecular complexity index is 141. The van der Waals surface area contributed by atoms with Crippen LogP contribution in [0.4, 0.5) is 0 Å². The van der Waals surface area contributed by atoms with Gasteiger partial charge < -0.3 is 0 Å². The van der Waals surface area contributed by atoms with Crippen LogP contribution in [0.1, 0.15) is 6.42 Å². The van der Waals surface area contributed by atoms with Crippen molar-refractivity contribution in [3.8, 4) is 0 Å². The highest BCUT2D eigenvalue weighted by Crippen LogP contribution is 2.14. The molecule has 3 heteroatoms. The van der Waals surface area contributed by atoms with E-state index < -0.39 is 0 Å².